The number of amides is 1. The molecule has 6 nitrogen and oxygen atoms in total. The summed E-state index contributed by atoms with van der Waals surface area (Å²) in [6, 6.07) is 7.02. The second-order valence-electron chi connectivity index (χ2n) is 6.51. The van der Waals surface area contributed by atoms with Gasteiger partial charge in [0.1, 0.15) is 17.0 Å². The molecule has 1 aromatic carbocycles. The third-order valence-corrected chi connectivity index (χ3v) is 4.25. The van der Waals surface area contributed by atoms with Crippen molar-refractivity contribution in [2.75, 3.05) is 6.61 Å². The molecule has 26 heavy (non-hydrogen) atoms. The molecular formula is C19H23ClN2O4. The van der Waals surface area contributed by atoms with Gasteiger partial charge in [-0.1, -0.05) is 35.0 Å². The standard InChI is InChI=1S/C19H23ClN2O4/c1-11(2)22(12(3)4)16(23)10-25-19(24)17-13(5)26-21-18(17)14-8-6-7-9-15(14)20/h6-9,11-12H,10H2,1-5H3. The monoisotopic (exact) mass is 378 g/mol. The number of nitrogens with zero attached hydrogens (tertiary/aromatic N) is 2. The second-order valence-corrected chi connectivity index (χ2v) is 6.91. The summed E-state index contributed by atoms with van der Waals surface area (Å²) in [4.78, 5) is 26.6. The summed E-state index contributed by atoms with van der Waals surface area (Å²) < 4.78 is 10.4. The van der Waals surface area contributed by atoms with Crippen molar-refractivity contribution in [2.24, 2.45) is 0 Å². The molecule has 140 valence electrons. The molecular weight excluding hydrogens is 356 g/mol. The number of hydrogen-bond acceptors (Lipinski definition) is 5. The van der Waals surface area contributed by atoms with Crippen molar-refractivity contribution in [3.8, 4) is 11.3 Å². The minimum absolute atomic E-state index is 0.0113. The molecule has 0 N–H and O–H groups in total. The Balaban J connectivity index is 2.20. The van der Waals surface area contributed by atoms with Crippen LogP contribution in [0.25, 0.3) is 11.3 Å². The number of esters is 1. The molecule has 7 heteroatoms. The second kappa shape index (κ2) is 8.36. The fourth-order valence-corrected chi connectivity index (χ4v) is 3.12. The van der Waals surface area contributed by atoms with Crippen molar-refractivity contribution >= 4 is 23.5 Å². The van der Waals surface area contributed by atoms with Crippen LogP contribution in [0.2, 0.25) is 5.02 Å². The molecule has 0 fully saturated rings. The zero-order chi connectivity index (χ0) is 19.4. The topological polar surface area (TPSA) is 72.6 Å². The minimum atomic E-state index is -0.667. The van der Waals surface area contributed by atoms with Crippen LogP contribution in [0, 0.1) is 6.92 Å². The lowest BCUT2D eigenvalue weighted by Gasteiger charge is -2.30. The molecule has 0 bridgehead atoms. The van der Waals surface area contributed by atoms with Crippen molar-refractivity contribution in [3.05, 3.63) is 40.6 Å². The molecule has 0 saturated carbocycles. The number of ether oxygens (including phenoxy) is 1. The molecule has 1 heterocycles. The zero-order valence-corrected chi connectivity index (χ0v) is 16.3. The number of hydrogen-bond donors (Lipinski definition) is 0. The first-order valence-electron chi connectivity index (χ1n) is 8.43. The number of carbonyl (C=O) groups is 2. The smallest absolute Gasteiger partial charge is 0.344 e. The number of rotatable bonds is 6. The van der Waals surface area contributed by atoms with Crippen molar-refractivity contribution in [3.63, 3.8) is 0 Å². The molecule has 2 aromatic rings. The van der Waals surface area contributed by atoms with Crippen LogP contribution in [-0.2, 0) is 9.53 Å². The van der Waals surface area contributed by atoms with Crippen LogP contribution in [0.15, 0.2) is 28.8 Å². The van der Waals surface area contributed by atoms with Gasteiger partial charge in [0.05, 0.1) is 5.02 Å². The summed E-state index contributed by atoms with van der Waals surface area (Å²) in [5.41, 5.74) is 1.04. The first-order valence-corrected chi connectivity index (χ1v) is 8.81. The lowest BCUT2D eigenvalue weighted by Crippen LogP contribution is -2.44. The number of benzene rings is 1. The molecule has 0 aliphatic heterocycles. The first kappa shape index (κ1) is 20.0. The van der Waals surface area contributed by atoms with Crippen LogP contribution in [0.3, 0.4) is 0 Å². The highest BCUT2D eigenvalue weighted by molar-refractivity contribution is 6.33. The minimum Gasteiger partial charge on any atom is -0.452 e. The fourth-order valence-electron chi connectivity index (χ4n) is 2.90. The Hall–Kier alpha value is -2.34. The molecule has 2 rings (SSSR count). The molecule has 0 radical (unpaired) electrons. The normalized spacial score (nSPS) is 11.1. The highest BCUT2D eigenvalue weighted by atomic mass is 35.5. The van der Waals surface area contributed by atoms with Crippen molar-refractivity contribution in [1.82, 2.24) is 10.1 Å². The fraction of sp³-hybridized carbons (Fsp3) is 0.421. The third-order valence-electron chi connectivity index (χ3n) is 3.92. The van der Waals surface area contributed by atoms with E-state index in [0.29, 0.717) is 22.0 Å². The van der Waals surface area contributed by atoms with Crippen molar-refractivity contribution in [2.45, 2.75) is 46.7 Å². The van der Waals surface area contributed by atoms with E-state index in [0.717, 1.165) is 0 Å². The van der Waals surface area contributed by atoms with E-state index in [2.05, 4.69) is 5.16 Å². The van der Waals surface area contributed by atoms with Gasteiger partial charge in [0.2, 0.25) is 0 Å². The van der Waals surface area contributed by atoms with Gasteiger partial charge in [-0.15, -0.1) is 0 Å². The van der Waals surface area contributed by atoms with Crippen LogP contribution in [0.5, 0.6) is 0 Å². The number of aromatic nitrogens is 1. The summed E-state index contributed by atoms with van der Waals surface area (Å²) in [5.74, 6) is -0.613. The van der Waals surface area contributed by atoms with E-state index >= 15 is 0 Å². The molecule has 0 aliphatic rings. The number of aryl methyl sites for hydroxylation is 1. The van der Waals surface area contributed by atoms with Gasteiger partial charge in [-0.25, -0.2) is 4.79 Å². The summed E-state index contributed by atoms with van der Waals surface area (Å²) in [5, 5.41) is 4.37. The average molecular weight is 379 g/mol. The number of halogens is 1. The Morgan fingerprint density at radius 2 is 1.81 bits per heavy atom. The molecule has 1 amide bonds. The van der Waals surface area contributed by atoms with Gasteiger partial charge in [0.25, 0.3) is 5.91 Å². The van der Waals surface area contributed by atoms with E-state index in [-0.39, 0.29) is 30.2 Å². The van der Waals surface area contributed by atoms with Crippen molar-refractivity contribution < 1.29 is 18.8 Å². The van der Waals surface area contributed by atoms with Crippen LogP contribution in [0.4, 0.5) is 0 Å². The molecule has 0 atom stereocenters. The lowest BCUT2D eigenvalue weighted by molar-refractivity contribution is -0.138. The highest BCUT2D eigenvalue weighted by Crippen LogP contribution is 2.31. The SMILES string of the molecule is Cc1onc(-c2ccccc2Cl)c1C(=O)OCC(=O)N(C(C)C)C(C)C. The summed E-state index contributed by atoms with van der Waals surface area (Å²) >= 11 is 6.19. The number of carbonyl (C=O) groups excluding carboxylic acids is 2. The Morgan fingerprint density at radius 3 is 2.38 bits per heavy atom. The van der Waals surface area contributed by atoms with Crippen LogP contribution < -0.4 is 0 Å². The van der Waals surface area contributed by atoms with Gasteiger partial charge in [-0.05, 0) is 40.7 Å². The van der Waals surface area contributed by atoms with Crippen LogP contribution in [0.1, 0.15) is 43.8 Å². The Bertz CT molecular complexity index is 791. The Morgan fingerprint density at radius 1 is 1.19 bits per heavy atom. The summed E-state index contributed by atoms with van der Waals surface area (Å²) in [6.45, 7) is 8.93. The predicted octanol–water partition coefficient (Wildman–Crippen LogP) is 4.11. The molecule has 0 aliphatic carbocycles. The zero-order valence-electron chi connectivity index (χ0n) is 15.6. The van der Waals surface area contributed by atoms with Gasteiger partial charge >= 0.3 is 5.97 Å². The van der Waals surface area contributed by atoms with Gasteiger partial charge in [-0.3, -0.25) is 4.79 Å². The summed E-state index contributed by atoms with van der Waals surface area (Å²) in [7, 11) is 0. The largest absolute Gasteiger partial charge is 0.452 e. The maximum Gasteiger partial charge on any atom is 0.344 e. The van der Waals surface area contributed by atoms with Gasteiger partial charge < -0.3 is 14.2 Å². The van der Waals surface area contributed by atoms with Gasteiger partial charge in [0, 0.05) is 17.6 Å². The van der Waals surface area contributed by atoms with E-state index in [4.69, 9.17) is 20.9 Å². The summed E-state index contributed by atoms with van der Waals surface area (Å²) in [6.07, 6.45) is 0. The van der Waals surface area contributed by atoms with E-state index in [1.54, 1.807) is 36.1 Å². The van der Waals surface area contributed by atoms with Crippen LogP contribution in [-0.4, -0.2) is 40.6 Å². The van der Waals surface area contributed by atoms with E-state index in [9.17, 15) is 9.59 Å². The Kier molecular flexibility index (Phi) is 6.42. The predicted molar refractivity (Wildman–Crippen MR) is 99.1 cm³/mol. The first-order chi connectivity index (χ1) is 12.2. The molecule has 1 aromatic heterocycles. The highest BCUT2D eigenvalue weighted by Gasteiger charge is 2.26. The van der Waals surface area contributed by atoms with Gasteiger partial charge in [0.15, 0.2) is 6.61 Å². The molecule has 0 saturated heterocycles. The van der Waals surface area contributed by atoms with Gasteiger partial charge in [-0.2, -0.15) is 0 Å². The average Bonchev–Trinajstić information content (AvgIpc) is 2.94. The molecule has 0 spiro atoms. The van der Waals surface area contributed by atoms with Crippen molar-refractivity contribution in [1.29, 1.82) is 0 Å². The quantitative estimate of drug-likeness (QED) is 0.707. The Labute approximate surface area is 158 Å². The third kappa shape index (κ3) is 4.25. The maximum absolute atomic E-state index is 12.6. The van der Waals surface area contributed by atoms with Crippen LogP contribution >= 0.6 is 11.6 Å². The van der Waals surface area contributed by atoms with E-state index in [1.165, 1.54) is 0 Å². The van der Waals surface area contributed by atoms with E-state index in [1.807, 2.05) is 27.7 Å². The van der Waals surface area contributed by atoms with E-state index < -0.39 is 5.97 Å². The lowest BCUT2D eigenvalue weighted by atomic mass is 10.1. The molecule has 0 unspecified atom stereocenters. The maximum atomic E-state index is 12.6.